The first-order valence-corrected chi connectivity index (χ1v) is 7.02. The molecule has 0 unspecified atom stereocenters. The second kappa shape index (κ2) is 3.16. The molecule has 72 valence electrons. The van der Waals surface area contributed by atoms with Crippen LogP contribution in [0.1, 0.15) is 27.7 Å². The number of rotatable bonds is 1. The van der Waals surface area contributed by atoms with E-state index in [0.717, 1.165) is 0 Å². The fraction of sp³-hybridized carbons (Fsp3) is 0.875. The molecule has 0 heterocycles. The van der Waals surface area contributed by atoms with Gasteiger partial charge in [-0.15, -0.1) is 4.48 Å². The second-order valence-corrected chi connectivity index (χ2v) is 9.62. The van der Waals surface area contributed by atoms with Crippen LogP contribution in [0.15, 0.2) is 0 Å². The SMILES string of the molecule is CC(=O)N(F)[Si](C)(C)C(C)(C)C. The number of carbonyl (C=O) groups is 1. The minimum atomic E-state index is -2.25. The van der Waals surface area contributed by atoms with Gasteiger partial charge in [0, 0.05) is 6.92 Å². The summed E-state index contributed by atoms with van der Waals surface area (Å²) in [5, 5.41) is -0.132. The number of hydrogen-bond acceptors (Lipinski definition) is 1. The zero-order valence-electron chi connectivity index (χ0n) is 8.73. The fourth-order valence-electron chi connectivity index (χ4n) is 0.688. The zero-order valence-corrected chi connectivity index (χ0v) is 9.73. The standard InChI is InChI=1S/C8H18FNOSi/c1-7(11)10(9)12(5,6)8(2,3)4/h1-6H3. The molecule has 0 radical (unpaired) electrons. The van der Waals surface area contributed by atoms with Crippen LogP contribution in [0.4, 0.5) is 4.48 Å². The Balaban J connectivity index is 4.73. The monoisotopic (exact) mass is 191 g/mol. The molecule has 0 saturated carbocycles. The van der Waals surface area contributed by atoms with Crippen LogP contribution in [0, 0.1) is 0 Å². The highest BCUT2D eigenvalue weighted by molar-refractivity contribution is 6.78. The van der Waals surface area contributed by atoms with Crippen LogP contribution in [-0.4, -0.2) is 18.9 Å². The summed E-state index contributed by atoms with van der Waals surface area (Å²) in [6.45, 7) is 10.9. The molecular weight excluding hydrogens is 173 g/mol. The lowest BCUT2D eigenvalue weighted by molar-refractivity contribution is -0.134. The number of hydrogen-bond donors (Lipinski definition) is 0. The van der Waals surface area contributed by atoms with Crippen molar-refractivity contribution in [1.82, 2.24) is 4.79 Å². The molecule has 0 bridgehead atoms. The summed E-state index contributed by atoms with van der Waals surface area (Å²) in [4.78, 5) is 11.3. The van der Waals surface area contributed by atoms with Gasteiger partial charge < -0.3 is 0 Å². The third-order valence-corrected chi connectivity index (χ3v) is 7.57. The highest BCUT2D eigenvalue weighted by Gasteiger charge is 2.43. The van der Waals surface area contributed by atoms with Crippen molar-refractivity contribution in [3.63, 3.8) is 0 Å². The number of carbonyl (C=O) groups excluding carboxylic acids is 1. The molecule has 0 fully saturated rings. The Kier molecular flexibility index (Phi) is 3.06. The minimum Gasteiger partial charge on any atom is -0.274 e. The van der Waals surface area contributed by atoms with Crippen molar-refractivity contribution in [3.05, 3.63) is 0 Å². The van der Waals surface area contributed by atoms with Crippen molar-refractivity contribution in [1.29, 1.82) is 0 Å². The van der Waals surface area contributed by atoms with E-state index in [-0.39, 0.29) is 5.04 Å². The van der Waals surface area contributed by atoms with E-state index < -0.39 is 14.1 Å². The maximum atomic E-state index is 13.3. The molecule has 0 saturated heterocycles. The van der Waals surface area contributed by atoms with Crippen molar-refractivity contribution in [3.8, 4) is 0 Å². The van der Waals surface area contributed by atoms with Crippen LogP contribution in [0.2, 0.25) is 18.1 Å². The summed E-state index contributed by atoms with van der Waals surface area (Å²) < 4.78 is 13.3. The first-order chi connectivity index (χ1) is 5.10. The lowest BCUT2D eigenvalue weighted by atomic mass is 10.2. The van der Waals surface area contributed by atoms with Gasteiger partial charge in [-0.1, -0.05) is 20.8 Å². The summed E-state index contributed by atoms with van der Waals surface area (Å²) in [5.74, 6) is -0.485. The van der Waals surface area contributed by atoms with Gasteiger partial charge in [-0.05, 0) is 18.1 Å². The molecular formula is C8H18FNOSi. The second-order valence-electron chi connectivity index (χ2n) is 4.61. The zero-order chi connectivity index (χ0) is 10.2. The van der Waals surface area contributed by atoms with Gasteiger partial charge in [0.25, 0.3) is 0 Å². The summed E-state index contributed by atoms with van der Waals surface area (Å²) in [6, 6.07) is 0. The van der Waals surface area contributed by atoms with E-state index in [1.165, 1.54) is 6.92 Å². The summed E-state index contributed by atoms with van der Waals surface area (Å²) in [6.07, 6.45) is 0. The van der Waals surface area contributed by atoms with E-state index in [9.17, 15) is 9.28 Å². The highest BCUT2D eigenvalue weighted by Crippen LogP contribution is 2.38. The Morgan fingerprint density at radius 1 is 1.33 bits per heavy atom. The molecule has 0 aromatic heterocycles. The molecule has 0 aliphatic rings. The molecule has 0 atom stereocenters. The van der Waals surface area contributed by atoms with E-state index >= 15 is 0 Å². The van der Waals surface area contributed by atoms with E-state index in [2.05, 4.69) is 0 Å². The molecule has 0 spiro atoms. The number of halogens is 1. The van der Waals surface area contributed by atoms with Crippen LogP contribution in [0.5, 0.6) is 0 Å². The van der Waals surface area contributed by atoms with Crippen LogP contribution >= 0.6 is 0 Å². The van der Waals surface area contributed by atoms with Crippen molar-refractivity contribution in [2.24, 2.45) is 0 Å². The van der Waals surface area contributed by atoms with E-state index in [1.807, 2.05) is 33.9 Å². The molecule has 4 heteroatoms. The van der Waals surface area contributed by atoms with Gasteiger partial charge in [-0.25, -0.2) is 4.79 Å². The lowest BCUT2D eigenvalue weighted by Crippen LogP contribution is -2.52. The molecule has 0 aliphatic carbocycles. The molecule has 2 nitrogen and oxygen atoms in total. The van der Waals surface area contributed by atoms with E-state index in [1.54, 1.807) is 0 Å². The molecule has 1 amide bonds. The van der Waals surface area contributed by atoms with Gasteiger partial charge in [-0.3, -0.25) is 4.79 Å². The third-order valence-electron chi connectivity index (χ3n) is 2.60. The van der Waals surface area contributed by atoms with Crippen LogP contribution in [0.25, 0.3) is 0 Å². The Bertz CT molecular complexity index is 186. The average molecular weight is 191 g/mol. The van der Waals surface area contributed by atoms with Gasteiger partial charge in [-0.2, -0.15) is 0 Å². The third kappa shape index (κ3) is 2.06. The quantitative estimate of drug-likeness (QED) is 0.461. The van der Waals surface area contributed by atoms with E-state index in [4.69, 9.17) is 0 Å². The molecule has 0 aliphatic heterocycles. The maximum absolute atomic E-state index is 13.3. The molecule has 0 rings (SSSR count). The summed E-state index contributed by atoms with van der Waals surface area (Å²) >= 11 is 0. The van der Waals surface area contributed by atoms with Gasteiger partial charge in [0.1, 0.15) is 0 Å². The minimum absolute atomic E-state index is 0.132. The highest BCUT2D eigenvalue weighted by atomic mass is 28.3. The van der Waals surface area contributed by atoms with Gasteiger partial charge in [0.2, 0.25) is 14.1 Å². The van der Waals surface area contributed by atoms with Gasteiger partial charge in [0.05, 0.1) is 0 Å². The average Bonchev–Trinajstić information content (AvgIpc) is 1.83. The first-order valence-electron chi connectivity index (χ1n) is 4.07. The fourth-order valence-corrected chi connectivity index (χ4v) is 2.06. The number of nitrogens with zero attached hydrogens (tertiary/aromatic N) is 1. The summed E-state index contributed by atoms with van der Waals surface area (Å²) in [7, 11) is -2.25. The van der Waals surface area contributed by atoms with Crippen LogP contribution < -0.4 is 0 Å². The topological polar surface area (TPSA) is 20.3 Å². The maximum Gasteiger partial charge on any atom is 0.238 e. The Morgan fingerprint density at radius 2 is 1.67 bits per heavy atom. The molecule has 0 N–H and O–H groups in total. The number of amides is 1. The van der Waals surface area contributed by atoms with Crippen molar-refractivity contribution < 1.29 is 9.28 Å². The van der Waals surface area contributed by atoms with Crippen molar-refractivity contribution in [2.75, 3.05) is 0 Å². The van der Waals surface area contributed by atoms with E-state index in [0.29, 0.717) is 4.79 Å². The lowest BCUT2D eigenvalue weighted by Gasteiger charge is -2.39. The van der Waals surface area contributed by atoms with Crippen molar-refractivity contribution in [2.45, 2.75) is 45.8 Å². The smallest absolute Gasteiger partial charge is 0.238 e. The van der Waals surface area contributed by atoms with Gasteiger partial charge >= 0.3 is 0 Å². The Hall–Kier alpha value is -0.383. The largest absolute Gasteiger partial charge is 0.274 e. The predicted octanol–water partition coefficient (Wildman–Crippen LogP) is 2.72. The van der Waals surface area contributed by atoms with Crippen LogP contribution in [0.3, 0.4) is 0 Å². The van der Waals surface area contributed by atoms with Crippen LogP contribution in [-0.2, 0) is 4.79 Å². The predicted molar refractivity (Wildman–Crippen MR) is 50.8 cm³/mol. The Morgan fingerprint density at radius 3 is 1.75 bits per heavy atom. The normalized spacial score (nSPS) is 12.9. The first kappa shape index (κ1) is 11.6. The Labute approximate surface area is 74.8 Å². The molecule has 0 aromatic rings. The molecule has 12 heavy (non-hydrogen) atoms. The molecule has 0 aromatic carbocycles. The summed E-state index contributed by atoms with van der Waals surface area (Å²) in [5.41, 5.74) is 0. The van der Waals surface area contributed by atoms with Crippen molar-refractivity contribution >= 4 is 14.1 Å². The van der Waals surface area contributed by atoms with Gasteiger partial charge in [0.15, 0.2) is 0 Å².